The first-order chi connectivity index (χ1) is 13.0. The highest BCUT2D eigenvalue weighted by Crippen LogP contribution is 2.48. The van der Waals surface area contributed by atoms with Crippen molar-refractivity contribution in [3.05, 3.63) is 46.5 Å². The number of aromatic nitrogens is 3. The zero-order chi connectivity index (χ0) is 19.3. The first kappa shape index (κ1) is 22.9. The molecule has 0 unspecified atom stereocenters. The number of aryl methyl sites for hydroxylation is 1. The molecule has 1 aliphatic carbocycles. The smallest absolute Gasteiger partial charge is 0.191 e. The fourth-order valence-corrected chi connectivity index (χ4v) is 3.28. The van der Waals surface area contributed by atoms with Crippen LogP contribution in [-0.2, 0) is 19.0 Å². The summed E-state index contributed by atoms with van der Waals surface area (Å²) in [5.41, 5.74) is 1.47. The van der Waals surface area contributed by atoms with Crippen LogP contribution in [0.25, 0.3) is 0 Å². The van der Waals surface area contributed by atoms with Gasteiger partial charge in [0.2, 0.25) is 0 Å². The number of hydrogen-bond donors (Lipinski definition) is 2. The van der Waals surface area contributed by atoms with Crippen molar-refractivity contribution >= 4 is 41.5 Å². The Bertz CT molecular complexity index is 800. The van der Waals surface area contributed by atoms with Crippen molar-refractivity contribution in [3.63, 3.8) is 0 Å². The summed E-state index contributed by atoms with van der Waals surface area (Å²) >= 11 is 6.19. The van der Waals surface area contributed by atoms with Gasteiger partial charge in [-0.05, 0) is 43.9 Å². The maximum Gasteiger partial charge on any atom is 0.191 e. The average molecular weight is 517 g/mol. The van der Waals surface area contributed by atoms with E-state index in [1.54, 1.807) is 0 Å². The number of nitrogens with zero attached hydrogens (tertiary/aromatic N) is 4. The Morgan fingerprint density at radius 2 is 2.07 bits per heavy atom. The molecule has 0 aliphatic heterocycles. The number of guanidine groups is 1. The van der Waals surface area contributed by atoms with E-state index < -0.39 is 0 Å². The van der Waals surface area contributed by atoms with Gasteiger partial charge in [0, 0.05) is 30.6 Å². The summed E-state index contributed by atoms with van der Waals surface area (Å²) in [7, 11) is 1.97. The maximum absolute atomic E-state index is 6.19. The van der Waals surface area contributed by atoms with Gasteiger partial charge in [0.05, 0.1) is 0 Å². The van der Waals surface area contributed by atoms with Crippen LogP contribution in [0.2, 0.25) is 5.02 Å². The van der Waals surface area contributed by atoms with Crippen molar-refractivity contribution in [2.45, 2.75) is 51.5 Å². The third kappa shape index (κ3) is 5.83. The minimum atomic E-state index is 0. The monoisotopic (exact) mass is 516 g/mol. The van der Waals surface area contributed by atoms with Crippen molar-refractivity contribution < 1.29 is 0 Å². The highest BCUT2D eigenvalue weighted by atomic mass is 127. The fourth-order valence-electron chi connectivity index (χ4n) is 3.09. The van der Waals surface area contributed by atoms with Crippen LogP contribution in [0, 0.1) is 6.92 Å². The fraction of sp³-hybridized carbons (Fsp3) is 0.550. The molecule has 0 radical (unpaired) electrons. The Morgan fingerprint density at radius 1 is 1.29 bits per heavy atom. The van der Waals surface area contributed by atoms with E-state index in [0.717, 1.165) is 48.6 Å². The molecule has 2 N–H and O–H groups in total. The Morgan fingerprint density at radius 3 is 2.68 bits per heavy atom. The van der Waals surface area contributed by atoms with E-state index in [2.05, 4.69) is 39.9 Å². The van der Waals surface area contributed by atoms with E-state index in [1.165, 1.54) is 18.4 Å². The maximum atomic E-state index is 6.19. The summed E-state index contributed by atoms with van der Waals surface area (Å²) in [5, 5.41) is 16.1. The molecule has 1 aliphatic rings. The molecular formula is C20H30ClIN6. The SMILES string of the molecule is CCCCNC(=NCc1nnc(C)n1C)NCC1(c2cccc(Cl)c2)CC1.I. The average Bonchev–Trinajstić information content (AvgIpc) is 3.39. The van der Waals surface area contributed by atoms with Crippen molar-refractivity contribution in [3.8, 4) is 0 Å². The third-order valence-electron chi connectivity index (χ3n) is 5.27. The molecule has 1 aromatic carbocycles. The number of unbranched alkanes of at least 4 members (excludes halogenated alkanes) is 1. The molecule has 0 bridgehead atoms. The normalized spacial score (nSPS) is 15.1. The van der Waals surface area contributed by atoms with E-state index in [0.29, 0.717) is 6.54 Å². The van der Waals surface area contributed by atoms with Crippen LogP contribution < -0.4 is 10.6 Å². The number of halogens is 2. The zero-order valence-corrected chi connectivity index (χ0v) is 19.9. The van der Waals surface area contributed by atoms with E-state index in [-0.39, 0.29) is 29.4 Å². The van der Waals surface area contributed by atoms with Gasteiger partial charge in [-0.3, -0.25) is 0 Å². The van der Waals surface area contributed by atoms with Crippen LogP contribution in [0.1, 0.15) is 49.8 Å². The van der Waals surface area contributed by atoms with Crippen LogP contribution >= 0.6 is 35.6 Å². The van der Waals surface area contributed by atoms with Crippen molar-refractivity contribution in [2.24, 2.45) is 12.0 Å². The van der Waals surface area contributed by atoms with Crippen LogP contribution in [-0.4, -0.2) is 33.8 Å². The largest absolute Gasteiger partial charge is 0.356 e. The summed E-state index contributed by atoms with van der Waals surface area (Å²) < 4.78 is 1.97. The quantitative estimate of drug-likeness (QED) is 0.241. The molecule has 6 nitrogen and oxygen atoms in total. The van der Waals surface area contributed by atoms with Gasteiger partial charge in [0.25, 0.3) is 0 Å². The first-order valence-electron chi connectivity index (χ1n) is 9.67. The topological polar surface area (TPSA) is 67.1 Å². The number of hydrogen-bond acceptors (Lipinski definition) is 3. The Labute approximate surface area is 189 Å². The highest BCUT2D eigenvalue weighted by molar-refractivity contribution is 14.0. The number of rotatable bonds is 8. The summed E-state index contributed by atoms with van der Waals surface area (Å²) in [4.78, 5) is 4.73. The van der Waals surface area contributed by atoms with E-state index in [9.17, 15) is 0 Å². The molecular weight excluding hydrogens is 487 g/mol. The summed E-state index contributed by atoms with van der Waals surface area (Å²) in [6.45, 7) is 6.39. The minimum absolute atomic E-state index is 0. The van der Waals surface area contributed by atoms with Gasteiger partial charge in [-0.25, -0.2) is 4.99 Å². The second-order valence-electron chi connectivity index (χ2n) is 7.31. The highest BCUT2D eigenvalue weighted by Gasteiger charge is 2.44. The van der Waals surface area contributed by atoms with E-state index in [4.69, 9.17) is 16.6 Å². The number of aliphatic imine (C=N–C) groups is 1. The molecule has 1 aromatic heterocycles. The molecule has 1 fully saturated rings. The summed E-state index contributed by atoms with van der Waals surface area (Å²) in [6, 6.07) is 8.21. The molecule has 28 heavy (non-hydrogen) atoms. The molecule has 3 rings (SSSR count). The van der Waals surface area contributed by atoms with Gasteiger partial charge < -0.3 is 15.2 Å². The molecule has 0 atom stereocenters. The Balaban J connectivity index is 0.00000280. The number of benzene rings is 1. The molecule has 1 heterocycles. The predicted molar refractivity (Wildman–Crippen MR) is 126 cm³/mol. The molecule has 0 saturated heterocycles. The van der Waals surface area contributed by atoms with Crippen molar-refractivity contribution in [2.75, 3.05) is 13.1 Å². The summed E-state index contributed by atoms with van der Waals surface area (Å²) in [6.07, 6.45) is 4.61. The van der Waals surface area contributed by atoms with Crippen LogP contribution in [0.5, 0.6) is 0 Å². The first-order valence-corrected chi connectivity index (χ1v) is 10.0. The van der Waals surface area contributed by atoms with E-state index >= 15 is 0 Å². The van der Waals surface area contributed by atoms with Gasteiger partial charge in [0.15, 0.2) is 11.8 Å². The number of nitrogens with one attached hydrogen (secondary N) is 2. The van der Waals surface area contributed by atoms with Gasteiger partial charge in [0.1, 0.15) is 12.4 Å². The van der Waals surface area contributed by atoms with Gasteiger partial charge in [-0.2, -0.15) is 0 Å². The Hall–Kier alpha value is -1.35. The van der Waals surface area contributed by atoms with Crippen LogP contribution in [0.4, 0.5) is 0 Å². The van der Waals surface area contributed by atoms with E-state index in [1.807, 2.05) is 30.7 Å². The van der Waals surface area contributed by atoms with Crippen LogP contribution in [0.15, 0.2) is 29.3 Å². The lowest BCUT2D eigenvalue weighted by atomic mass is 9.96. The second-order valence-corrected chi connectivity index (χ2v) is 7.75. The lowest BCUT2D eigenvalue weighted by Crippen LogP contribution is -2.41. The molecule has 0 amide bonds. The lowest BCUT2D eigenvalue weighted by Gasteiger charge is -2.19. The standard InChI is InChI=1S/C20H29ClN6.HI/c1-4-5-11-22-19(23-13-18-26-25-15(2)27(18)3)24-14-20(9-10-20)16-7-6-8-17(21)12-16;/h6-8,12H,4-5,9-11,13-14H2,1-3H3,(H2,22,23,24);1H. The lowest BCUT2D eigenvalue weighted by molar-refractivity contribution is 0.637. The molecule has 8 heteroatoms. The molecule has 1 saturated carbocycles. The Kier molecular flexibility index (Phi) is 8.55. The predicted octanol–water partition coefficient (Wildman–Crippen LogP) is 3.96. The molecule has 2 aromatic rings. The molecule has 0 spiro atoms. The summed E-state index contributed by atoms with van der Waals surface area (Å²) in [5.74, 6) is 2.59. The zero-order valence-electron chi connectivity index (χ0n) is 16.8. The van der Waals surface area contributed by atoms with Gasteiger partial charge >= 0.3 is 0 Å². The second kappa shape index (κ2) is 10.4. The van der Waals surface area contributed by atoms with Gasteiger partial charge in [-0.15, -0.1) is 34.2 Å². The molecule has 154 valence electrons. The van der Waals surface area contributed by atoms with Gasteiger partial charge in [-0.1, -0.05) is 37.1 Å². The third-order valence-corrected chi connectivity index (χ3v) is 5.50. The van der Waals surface area contributed by atoms with Crippen LogP contribution in [0.3, 0.4) is 0 Å². The van der Waals surface area contributed by atoms with Crippen molar-refractivity contribution in [1.29, 1.82) is 0 Å². The van der Waals surface area contributed by atoms with Crippen molar-refractivity contribution in [1.82, 2.24) is 25.4 Å². The minimum Gasteiger partial charge on any atom is -0.356 e.